The van der Waals surface area contributed by atoms with E-state index in [1.165, 1.54) is 33.1 Å². The Kier molecular flexibility index (Phi) is 7.88. The molecule has 4 nitrogen and oxygen atoms in total. The van der Waals surface area contributed by atoms with Gasteiger partial charge in [0.1, 0.15) is 0 Å². The molecule has 10 rings (SSSR count). The molecule has 0 radical (unpaired) electrons. The first-order chi connectivity index (χ1) is 26.7. The second kappa shape index (κ2) is 13.3. The van der Waals surface area contributed by atoms with Gasteiger partial charge in [-0.15, -0.1) is 0 Å². The predicted octanol–water partition coefficient (Wildman–Crippen LogP) is 12.3. The van der Waals surface area contributed by atoms with Gasteiger partial charge >= 0.3 is 0 Å². The number of hydrogen-bond acceptors (Lipinski definition) is 3. The Bertz CT molecular complexity index is 2790. The number of fused-ring (bicyclic) bond motifs is 5. The highest BCUT2D eigenvalue weighted by Crippen LogP contribution is 2.40. The van der Waals surface area contributed by atoms with E-state index in [-0.39, 0.29) is 0 Å². The van der Waals surface area contributed by atoms with Gasteiger partial charge in [-0.2, -0.15) is 0 Å². The average Bonchev–Trinajstić information content (AvgIpc) is 3.86. The minimum Gasteiger partial charge on any atom is -0.337 e. The third-order valence-electron chi connectivity index (χ3n) is 10.9. The quantitative estimate of drug-likeness (QED) is 0.180. The van der Waals surface area contributed by atoms with Gasteiger partial charge < -0.3 is 9.47 Å². The summed E-state index contributed by atoms with van der Waals surface area (Å²) in [6.07, 6.45) is 11.6. The summed E-state index contributed by atoms with van der Waals surface area (Å²) in [6.45, 7) is 5.27. The van der Waals surface area contributed by atoms with E-state index in [1.807, 2.05) is 0 Å². The fourth-order valence-electron chi connectivity index (χ4n) is 8.28. The maximum atomic E-state index is 5.21. The van der Waals surface area contributed by atoms with E-state index < -0.39 is 0 Å². The SMILES string of the molecule is C=C1/C=C\C=C/CN(c2ccccc2)c2ccc(-c3ccc4c(c3)c3ccccc3n4-c3cccc(-c4nc5c(c(-c6ccccc6)n4)CCC5)c3)cc21. The van der Waals surface area contributed by atoms with Crippen molar-refractivity contribution in [2.75, 3.05) is 11.4 Å². The van der Waals surface area contributed by atoms with Crippen LogP contribution >= 0.6 is 0 Å². The summed E-state index contributed by atoms with van der Waals surface area (Å²) in [5, 5.41) is 2.43. The van der Waals surface area contributed by atoms with Crippen molar-refractivity contribution in [1.82, 2.24) is 14.5 Å². The van der Waals surface area contributed by atoms with Crippen molar-refractivity contribution in [3.8, 4) is 39.5 Å². The van der Waals surface area contributed by atoms with Crippen LogP contribution in [0.25, 0.3) is 66.8 Å². The summed E-state index contributed by atoms with van der Waals surface area (Å²) in [4.78, 5) is 12.7. The lowest BCUT2D eigenvalue weighted by Gasteiger charge is -2.27. The number of para-hydroxylation sites is 2. The number of anilines is 2. The molecule has 3 heterocycles. The molecule has 1 aliphatic carbocycles. The third-order valence-corrected chi connectivity index (χ3v) is 10.9. The van der Waals surface area contributed by atoms with Gasteiger partial charge in [-0.1, -0.05) is 122 Å². The number of aromatic nitrogens is 3. The summed E-state index contributed by atoms with van der Waals surface area (Å²) >= 11 is 0. The van der Waals surface area contributed by atoms with Gasteiger partial charge in [0.15, 0.2) is 5.82 Å². The van der Waals surface area contributed by atoms with Crippen LogP contribution in [0.4, 0.5) is 11.4 Å². The van der Waals surface area contributed by atoms with E-state index in [0.29, 0.717) is 0 Å². The van der Waals surface area contributed by atoms with Crippen LogP contribution in [-0.4, -0.2) is 21.1 Å². The van der Waals surface area contributed by atoms with E-state index in [9.17, 15) is 0 Å². The van der Waals surface area contributed by atoms with Crippen molar-refractivity contribution in [1.29, 1.82) is 0 Å². The van der Waals surface area contributed by atoms with Crippen molar-refractivity contribution >= 4 is 38.8 Å². The van der Waals surface area contributed by atoms with Crippen molar-refractivity contribution in [2.45, 2.75) is 19.3 Å². The number of nitrogens with zero attached hydrogens (tertiary/aromatic N) is 4. The zero-order chi connectivity index (χ0) is 36.0. The lowest BCUT2D eigenvalue weighted by Crippen LogP contribution is -2.18. The monoisotopic (exact) mass is 694 g/mol. The Morgan fingerprint density at radius 2 is 1.30 bits per heavy atom. The van der Waals surface area contributed by atoms with E-state index in [2.05, 4.69) is 186 Å². The second-order valence-corrected chi connectivity index (χ2v) is 14.2. The molecule has 2 aliphatic rings. The minimum absolute atomic E-state index is 0.771. The summed E-state index contributed by atoms with van der Waals surface area (Å²) in [6, 6.07) is 52.2. The fraction of sp³-hybridized carbons (Fsp3) is 0.0800. The Labute approximate surface area is 315 Å². The molecule has 2 aromatic heterocycles. The highest BCUT2D eigenvalue weighted by Gasteiger charge is 2.22. The van der Waals surface area contributed by atoms with Crippen molar-refractivity contribution < 1.29 is 0 Å². The predicted molar refractivity (Wildman–Crippen MR) is 225 cm³/mol. The Balaban J connectivity index is 1.08. The number of aryl methyl sites for hydroxylation is 1. The van der Waals surface area contributed by atoms with Crippen LogP contribution in [0, 0.1) is 0 Å². The van der Waals surface area contributed by atoms with Gasteiger partial charge in [0.25, 0.3) is 0 Å². The summed E-state index contributed by atoms with van der Waals surface area (Å²) < 4.78 is 2.38. The molecule has 0 atom stereocenters. The first-order valence-corrected chi connectivity index (χ1v) is 18.8. The number of rotatable bonds is 5. The highest BCUT2D eigenvalue weighted by molar-refractivity contribution is 6.10. The maximum absolute atomic E-state index is 5.21. The number of allylic oxidation sites excluding steroid dienone is 4. The number of hydrogen-bond donors (Lipinski definition) is 0. The molecule has 258 valence electrons. The molecule has 8 aromatic rings. The fourth-order valence-corrected chi connectivity index (χ4v) is 8.28. The first-order valence-electron chi connectivity index (χ1n) is 18.8. The zero-order valence-electron chi connectivity index (χ0n) is 30.0. The summed E-state index contributed by atoms with van der Waals surface area (Å²) in [5.41, 5.74) is 15.9. The Morgan fingerprint density at radius 3 is 2.19 bits per heavy atom. The third kappa shape index (κ3) is 5.55. The van der Waals surface area contributed by atoms with Gasteiger partial charge in [-0.3, -0.25) is 0 Å². The molecule has 0 fully saturated rings. The molecule has 1 aliphatic heterocycles. The van der Waals surface area contributed by atoms with Crippen molar-refractivity contribution in [2.24, 2.45) is 0 Å². The molecule has 4 heteroatoms. The van der Waals surface area contributed by atoms with Crippen LogP contribution in [0.5, 0.6) is 0 Å². The number of benzene rings is 6. The molecule has 0 unspecified atom stereocenters. The Hall–Kier alpha value is -6.78. The normalized spacial score (nSPS) is 15.0. The lowest BCUT2D eigenvalue weighted by atomic mass is 9.96. The minimum atomic E-state index is 0.771. The zero-order valence-corrected chi connectivity index (χ0v) is 30.0. The van der Waals surface area contributed by atoms with Crippen molar-refractivity contribution in [3.05, 3.63) is 193 Å². The molecule has 0 saturated carbocycles. The molecule has 0 amide bonds. The van der Waals surface area contributed by atoms with Crippen LogP contribution in [0.15, 0.2) is 176 Å². The van der Waals surface area contributed by atoms with E-state index in [1.54, 1.807) is 0 Å². The molecule has 0 N–H and O–H groups in total. The van der Waals surface area contributed by atoms with Crippen LogP contribution < -0.4 is 4.90 Å². The topological polar surface area (TPSA) is 34.0 Å². The van der Waals surface area contributed by atoms with Gasteiger partial charge in [0.2, 0.25) is 0 Å². The van der Waals surface area contributed by atoms with Gasteiger partial charge in [0, 0.05) is 62.3 Å². The van der Waals surface area contributed by atoms with Gasteiger partial charge in [-0.25, -0.2) is 9.97 Å². The van der Waals surface area contributed by atoms with Crippen LogP contribution in [-0.2, 0) is 12.8 Å². The lowest BCUT2D eigenvalue weighted by molar-refractivity contribution is 0.900. The van der Waals surface area contributed by atoms with Gasteiger partial charge in [0.05, 0.1) is 16.7 Å². The second-order valence-electron chi connectivity index (χ2n) is 14.2. The standard InChI is InChI=1S/C50H38N4/c1-34-15-5-4-12-30-53(39-19-8-3-9-20-39)46-28-26-36(32-43(34)46)37-27-29-48-44(33-37)41-22-10-11-25-47(41)54(48)40-21-13-18-38(31-40)50-51-45-24-14-23-42(45)49(52-50)35-16-6-2-7-17-35/h2-13,15-22,25-29,31-33H,1,14,23-24,30H2/b12-4-,15-5-. The van der Waals surface area contributed by atoms with Crippen LogP contribution in [0.1, 0.15) is 23.2 Å². The van der Waals surface area contributed by atoms with E-state index in [4.69, 9.17) is 9.97 Å². The van der Waals surface area contributed by atoms with E-state index >= 15 is 0 Å². The van der Waals surface area contributed by atoms with Crippen LogP contribution in [0.3, 0.4) is 0 Å². The molecular formula is C50H38N4. The molecule has 0 saturated heterocycles. The summed E-state index contributed by atoms with van der Waals surface area (Å²) in [7, 11) is 0. The largest absolute Gasteiger partial charge is 0.337 e. The smallest absolute Gasteiger partial charge is 0.160 e. The molecule has 0 bridgehead atoms. The Morgan fingerprint density at radius 1 is 0.556 bits per heavy atom. The summed E-state index contributed by atoms with van der Waals surface area (Å²) in [5.74, 6) is 0.784. The highest BCUT2D eigenvalue weighted by atomic mass is 15.1. The van der Waals surface area contributed by atoms with Crippen LogP contribution in [0.2, 0.25) is 0 Å². The molecule has 0 spiro atoms. The molecule has 54 heavy (non-hydrogen) atoms. The average molecular weight is 695 g/mol. The molecular weight excluding hydrogens is 657 g/mol. The van der Waals surface area contributed by atoms with E-state index in [0.717, 1.165) is 87.7 Å². The first kappa shape index (κ1) is 31.9. The van der Waals surface area contributed by atoms with Gasteiger partial charge in [-0.05, 0) is 90.6 Å². The maximum Gasteiger partial charge on any atom is 0.160 e. The molecule has 6 aromatic carbocycles. The van der Waals surface area contributed by atoms with Crippen molar-refractivity contribution in [3.63, 3.8) is 0 Å².